The number of fused-ring (bicyclic) bond motifs is 3. The molecule has 3 N–H and O–H groups in total. The minimum absolute atomic E-state index is 0.138. The van der Waals surface area contributed by atoms with Gasteiger partial charge < -0.3 is 19.6 Å². The molecule has 0 fully saturated rings. The molecule has 2 aromatic heterocycles. The van der Waals surface area contributed by atoms with Gasteiger partial charge in [0.2, 0.25) is 5.76 Å². The normalized spacial score (nSPS) is 17.6. The van der Waals surface area contributed by atoms with Gasteiger partial charge >= 0.3 is 5.97 Å². The number of aromatic amines is 1. The van der Waals surface area contributed by atoms with Crippen molar-refractivity contribution in [2.75, 3.05) is 0 Å². The summed E-state index contributed by atoms with van der Waals surface area (Å²) in [5.74, 6) is -0.804. The number of aliphatic hydroxyl groups is 1. The van der Waals surface area contributed by atoms with Crippen molar-refractivity contribution in [3.63, 3.8) is 0 Å². The highest BCUT2D eigenvalue weighted by atomic mass is 16.4. The van der Waals surface area contributed by atoms with Crippen LogP contribution in [0.4, 0.5) is 0 Å². The third-order valence-electron chi connectivity index (χ3n) is 3.01. The topological polar surface area (TPSA) is 86.5 Å². The molecule has 0 saturated heterocycles. The smallest absolute Gasteiger partial charge is 0.371 e. The van der Waals surface area contributed by atoms with E-state index in [1.165, 1.54) is 6.07 Å². The Bertz CT molecular complexity index is 608. The van der Waals surface area contributed by atoms with Crippen molar-refractivity contribution in [2.45, 2.75) is 19.4 Å². The van der Waals surface area contributed by atoms with Crippen molar-refractivity contribution in [2.24, 2.45) is 0 Å². The maximum Gasteiger partial charge on any atom is 0.371 e. The lowest BCUT2D eigenvalue weighted by atomic mass is 9.94. The van der Waals surface area contributed by atoms with E-state index in [0.717, 1.165) is 17.0 Å². The number of hydrogen-bond donors (Lipinski definition) is 3. The van der Waals surface area contributed by atoms with Gasteiger partial charge in [0.05, 0.1) is 6.10 Å². The molecule has 2 aromatic rings. The summed E-state index contributed by atoms with van der Waals surface area (Å²) in [4.78, 5) is 14.0. The van der Waals surface area contributed by atoms with Crippen molar-refractivity contribution in [1.82, 2.24) is 4.98 Å². The molecule has 0 spiro atoms. The maximum atomic E-state index is 10.9. The third kappa shape index (κ3) is 1.39. The number of rotatable bonds is 1. The van der Waals surface area contributed by atoms with Crippen LogP contribution in [0.15, 0.2) is 16.5 Å². The molecule has 1 aliphatic carbocycles. The van der Waals surface area contributed by atoms with E-state index in [2.05, 4.69) is 4.98 Å². The van der Waals surface area contributed by atoms with Gasteiger partial charge in [-0.25, -0.2) is 4.79 Å². The summed E-state index contributed by atoms with van der Waals surface area (Å²) in [6.45, 7) is 1.91. The third-order valence-corrected chi connectivity index (χ3v) is 3.01. The highest BCUT2D eigenvalue weighted by Gasteiger charge is 2.30. The number of nitrogens with one attached hydrogen (secondary N) is 1. The number of H-pyrrole nitrogens is 1. The Kier molecular flexibility index (Phi) is 1.94. The standard InChI is InChI=1S/C12H11NO4/c1-5-2-6-8(13-5)4-9(14)7-3-10(12(15)16)17-11(6)7/h2-3,9,13-14H,4H2,1H3,(H,15,16). The van der Waals surface area contributed by atoms with Gasteiger partial charge in [0.1, 0.15) is 5.76 Å². The molecule has 0 aromatic carbocycles. The van der Waals surface area contributed by atoms with E-state index in [1.807, 2.05) is 13.0 Å². The number of carboxylic acid groups (broad SMARTS) is 1. The highest BCUT2D eigenvalue weighted by Crippen LogP contribution is 2.40. The maximum absolute atomic E-state index is 10.9. The monoisotopic (exact) mass is 233 g/mol. The first kappa shape index (κ1) is 10.2. The lowest BCUT2D eigenvalue weighted by Crippen LogP contribution is -2.08. The van der Waals surface area contributed by atoms with Crippen molar-refractivity contribution >= 4 is 5.97 Å². The van der Waals surface area contributed by atoms with Crippen LogP contribution < -0.4 is 0 Å². The zero-order valence-electron chi connectivity index (χ0n) is 9.15. The molecule has 1 aliphatic rings. The van der Waals surface area contributed by atoms with Crippen LogP contribution >= 0.6 is 0 Å². The molecule has 3 rings (SSSR count). The van der Waals surface area contributed by atoms with Gasteiger partial charge in [0.25, 0.3) is 0 Å². The van der Waals surface area contributed by atoms with Crippen LogP contribution in [0.2, 0.25) is 0 Å². The number of carboxylic acids is 1. The first-order valence-electron chi connectivity index (χ1n) is 5.30. The summed E-state index contributed by atoms with van der Waals surface area (Å²) in [6, 6.07) is 3.29. The number of aliphatic hydroxyl groups excluding tert-OH is 1. The minimum Gasteiger partial charge on any atom is -0.475 e. The fraction of sp³-hybridized carbons (Fsp3) is 0.250. The average Bonchev–Trinajstić information content (AvgIpc) is 2.80. The number of aromatic carboxylic acids is 1. The number of aryl methyl sites for hydroxylation is 1. The van der Waals surface area contributed by atoms with E-state index in [0.29, 0.717) is 17.7 Å². The van der Waals surface area contributed by atoms with E-state index < -0.39 is 12.1 Å². The van der Waals surface area contributed by atoms with E-state index in [-0.39, 0.29) is 5.76 Å². The Balaban J connectivity index is 2.23. The van der Waals surface area contributed by atoms with Gasteiger partial charge in [-0.1, -0.05) is 0 Å². The quantitative estimate of drug-likeness (QED) is 0.701. The second kappa shape index (κ2) is 3.24. The molecular formula is C12H11NO4. The largest absolute Gasteiger partial charge is 0.475 e. The number of furan rings is 1. The first-order chi connectivity index (χ1) is 8.06. The van der Waals surface area contributed by atoms with Crippen LogP contribution in [0.25, 0.3) is 11.3 Å². The SMILES string of the molecule is Cc1cc2c([nH]1)CC(O)c1cc(C(=O)O)oc1-2. The molecule has 0 radical (unpaired) electrons. The average molecular weight is 233 g/mol. The molecule has 1 atom stereocenters. The van der Waals surface area contributed by atoms with Gasteiger partial charge in [-0.3, -0.25) is 0 Å². The van der Waals surface area contributed by atoms with Crippen molar-refractivity contribution < 1.29 is 19.4 Å². The number of hydrogen-bond acceptors (Lipinski definition) is 3. The second-order valence-electron chi connectivity index (χ2n) is 4.26. The van der Waals surface area contributed by atoms with Crippen molar-refractivity contribution in [1.29, 1.82) is 0 Å². The molecule has 88 valence electrons. The first-order valence-corrected chi connectivity index (χ1v) is 5.30. The van der Waals surface area contributed by atoms with Crippen molar-refractivity contribution in [3.8, 4) is 11.3 Å². The molecule has 2 heterocycles. The molecule has 5 heteroatoms. The Labute approximate surface area is 96.7 Å². The molecule has 5 nitrogen and oxygen atoms in total. The van der Waals surface area contributed by atoms with E-state index >= 15 is 0 Å². The highest BCUT2D eigenvalue weighted by molar-refractivity contribution is 5.86. The Morgan fingerprint density at radius 2 is 2.29 bits per heavy atom. The minimum atomic E-state index is -1.12. The van der Waals surface area contributed by atoms with Gasteiger partial charge in [-0.15, -0.1) is 0 Å². The lowest BCUT2D eigenvalue weighted by molar-refractivity contribution is 0.0663. The van der Waals surface area contributed by atoms with E-state index in [4.69, 9.17) is 9.52 Å². The summed E-state index contributed by atoms with van der Waals surface area (Å²) in [6.07, 6.45) is -0.262. The van der Waals surface area contributed by atoms with Crippen LogP contribution in [0.1, 0.15) is 33.6 Å². The zero-order valence-corrected chi connectivity index (χ0v) is 9.15. The predicted octanol–water partition coefficient (Wildman–Crippen LogP) is 1.87. The van der Waals surface area contributed by atoms with Gasteiger partial charge in [-0.2, -0.15) is 0 Å². The number of carbonyl (C=O) groups is 1. The molecule has 0 amide bonds. The molecule has 1 unspecified atom stereocenters. The van der Waals surface area contributed by atoms with Crippen LogP contribution in [-0.4, -0.2) is 21.2 Å². The molecule has 0 aliphatic heterocycles. The van der Waals surface area contributed by atoms with Gasteiger partial charge in [-0.05, 0) is 19.1 Å². The summed E-state index contributed by atoms with van der Waals surface area (Å²) in [7, 11) is 0. The van der Waals surface area contributed by atoms with Crippen LogP contribution in [0, 0.1) is 6.92 Å². The predicted molar refractivity (Wildman–Crippen MR) is 58.9 cm³/mol. The molecule has 17 heavy (non-hydrogen) atoms. The molecule has 0 saturated carbocycles. The zero-order chi connectivity index (χ0) is 12.2. The van der Waals surface area contributed by atoms with Crippen molar-refractivity contribution in [3.05, 3.63) is 34.8 Å². The Morgan fingerprint density at radius 1 is 1.53 bits per heavy atom. The Morgan fingerprint density at radius 3 is 3.00 bits per heavy atom. The summed E-state index contributed by atoms with van der Waals surface area (Å²) < 4.78 is 5.30. The summed E-state index contributed by atoms with van der Waals surface area (Å²) >= 11 is 0. The second-order valence-corrected chi connectivity index (χ2v) is 4.26. The fourth-order valence-electron chi connectivity index (χ4n) is 2.28. The molecular weight excluding hydrogens is 222 g/mol. The van der Waals surface area contributed by atoms with Crippen LogP contribution in [-0.2, 0) is 6.42 Å². The Hall–Kier alpha value is -2.01. The summed E-state index contributed by atoms with van der Waals surface area (Å²) in [5, 5.41) is 18.8. The lowest BCUT2D eigenvalue weighted by Gasteiger charge is -2.16. The van der Waals surface area contributed by atoms with E-state index in [9.17, 15) is 9.90 Å². The number of aromatic nitrogens is 1. The van der Waals surface area contributed by atoms with Crippen LogP contribution in [0.3, 0.4) is 0 Å². The fourth-order valence-corrected chi connectivity index (χ4v) is 2.28. The van der Waals surface area contributed by atoms with Crippen LogP contribution in [0.5, 0.6) is 0 Å². The van der Waals surface area contributed by atoms with Gasteiger partial charge in [0.15, 0.2) is 0 Å². The summed E-state index contributed by atoms with van der Waals surface area (Å²) in [5.41, 5.74) is 3.24. The van der Waals surface area contributed by atoms with Gasteiger partial charge in [0, 0.05) is 28.9 Å². The van der Waals surface area contributed by atoms with E-state index in [1.54, 1.807) is 0 Å². The molecule has 0 bridgehead atoms.